The number of anilines is 1. The summed E-state index contributed by atoms with van der Waals surface area (Å²) < 4.78 is 1.81. The summed E-state index contributed by atoms with van der Waals surface area (Å²) in [7, 11) is 0. The second kappa shape index (κ2) is 8.02. The molecular formula is C23H31N5O2. The number of aromatic nitrogens is 2. The molecule has 1 saturated carbocycles. The number of hydrogen-bond donors (Lipinski definition) is 1. The van der Waals surface area contributed by atoms with E-state index in [2.05, 4.69) is 34.4 Å². The number of nitrogens with one attached hydrogen (secondary N) is 1. The molecule has 1 aliphatic carbocycles. The van der Waals surface area contributed by atoms with Gasteiger partial charge in [-0.25, -0.2) is 9.31 Å². The first-order chi connectivity index (χ1) is 14.5. The lowest BCUT2D eigenvalue weighted by Crippen LogP contribution is -2.49. The molecule has 0 unspecified atom stereocenters. The summed E-state index contributed by atoms with van der Waals surface area (Å²) in [6.45, 7) is 6.50. The fraction of sp³-hybridized carbons (Fsp3) is 0.609. The maximum absolute atomic E-state index is 12.3. The first-order valence-electron chi connectivity index (χ1n) is 11.3. The maximum atomic E-state index is 12.3. The van der Waals surface area contributed by atoms with Gasteiger partial charge in [0.05, 0.1) is 17.4 Å². The molecule has 160 valence electrons. The molecule has 2 aliphatic heterocycles. The second-order valence-electron chi connectivity index (χ2n) is 9.54. The Balaban J connectivity index is 1.22. The summed E-state index contributed by atoms with van der Waals surface area (Å²) in [6.07, 6.45) is 10.4. The van der Waals surface area contributed by atoms with E-state index in [-0.39, 0.29) is 11.9 Å². The fourth-order valence-corrected chi connectivity index (χ4v) is 5.43. The molecule has 2 aromatic rings. The SMILES string of the molecule is C[C@H]1C[C@@H](CN2CCC(Cc3ccn4ncc(N5CCC(=O)NC5=O)c4c3)CC2)C1. The number of imide groups is 1. The highest BCUT2D eigenvalue weighted by atomic mass is 16.2. The van der Waals surface area contributed by atoms with Crippen molar-refractivity contribution in [1.82, 2.24) is 19.8 Å². The van der Waals surface area contributed by atoms with Gasteiger partial charge in [-0.15, -0.1) is 0 Å². The Bertz CT molecular complexity index is 940. The molecule has 3 aliphatic rings. The van der Waals surface area contributed by atoms with E-state index in [1.807, 2.05) is 10.7 Å². The van der Waals surface area contributed by atoms with Crippen LogP contribution in [0.1, 0.15) is 44.6 Å². The third-order valence-electron chi connectivity index (χ3n) is 7.13. The summed E-state index contributed by atoms with van der Waals surface area (Å²) in [5, 5.41) is 6.79. The summed E-state index contributed by atoms with van der Waals surface area (Å²) >= 11 is 0. The average molecular weight is 410 g/mol. The van der Waals surface area contributed by atoms with Crippen LogP contribution >= 0.6 is 0 Å². The van der Waals surface area contributed by atoms with Crippen LogP contribution in [0.3, 0.4) is 0 Å². The van der Waals surface area contributed by atoms with Crippen LogP contribution in [0.15, 0.2) is 24.5 Å². The smallest absolute Gasteiger partial charge is 0.303 e. The number of carbonyl (C=O) groups excluding carboxylic acids is 2. The molecule has 0 aromatic carbocycles. The van der Waals surface area contributed by atoms with Gasteiger partial charge in [-0.3, -0.25) is 15.0 Å². The molecule has 30 heavy (non-hydrogen) atoms. The first-order valence-corrected chi connectivity index (χ1v) is 11.3. The van der Waals surface area contributed by atoms with Gasteiger partial charge in [0, 0.05) is 25.7 Å². The maximum Gasteiger partial charge on any atom is 0.328 e. The van der Waals surface area contributed by atoms with Crippen LogP contribution in [0.4, 0.5) is 10.5 Å². The Morgan fingerprint density at radius 3 is 2.67 bits per heavy atom. The molecule has 2 aromatic heterocycles. The van der Waals surface area contributed by atoms with Crippen LogP contribution in [0, 0.1) is 17.8 Å². The number of rotatable bonds is 5. The molecule has 4 heterocycles. The number of hydrogen-bond acceptors (Lipinski definition) is 4. The molecule has 2 saturated heterocycles. The largest absolute Gasteiger partial charge is 0.328 e. The number of piperidine rings is 1. The Labute approximate surface area is 177 Å². The van der Waals surface area contributed by atoms with E-state index < -0.39 is 0 Å². The number of carbonyl (C=O) groups is 2. The molecule has 0 spiro atoms. The third kappa shape index (κ3) is 3.95. The highest BCUT2D eigenvalue weighted by molar-refractivity contribution is 6.07. The van der Waals surface area contributed by atoms with Crippen LogP contribution in [0.2, 0.25) is 0 Å². The minimum absolute atomic E-state index is 0.216. The van der Waals surface area contributed by atoms with E-state index in [4.69, 9.17) is 0 Å². The second-order valence-corrected chi connectivity index (χ2v) is 9.54. The number of amides is 3. The summed E-state index contributed by atoms with van der Waals surface area (Å²) in [5.41, 5.74) is 2.99. The minimum Gasteiger partial charge on any atom is -0.303 e. The number of fused-ring (bicyclic) bond motifs is 1. The van der Waals surface area contributed by atoms with Gasteiger partial charge in [-0.2, -0.15) is 5.10 Å². The van der Waals surface area contributed by atoms with E-state index in [0.29, 0.717) is 18.9 Å². The molecule has 0 atom stereocenters. The van der Waals surface area contributed by atoms with Crippen molar-refractivity contribution in [2.45, 2.75) is 45.4 Å². The molecule has 3 fully saturated rings. The zero-order valence-electron chi connectivity index (χ0n) is 17.7. The normalized spacial score (nSPS) is 26.1. The number of nitrogens with zero attached hydrogens (tertiary/aromatic N) is 4. The van der Waals surface area contributed by atoms with Crippen LogP contribution in [0.5, 0.6) is 0 Å². The predicted octanol–water partition coefficient (Wildman–Crippen LogP) is 3.08. The van der Waals surface area contributed by atoms with Crippen molar-refractivity contribution in [2.75, 3.05) is 31.1 Å². The van der Waals surface area contributed by atoms with Crippen molar-refractivity contribution >= 4 is 23.1 Å². The van der Waals surface area contributed by atoms with Crippen molar-refractivity contribution in [3.63, 3.8) is 0 Å². The Kier molecular flexibility index (Phi) is 5.23. The standard InChI is InChI=1S/C23H31N5O2/c1-16-10-19(11-16)15-26-6-2-17(3-7-26)12-18-4-9-28-20(13-18)21(14-24-28)27-8-5-22(29)25-23(27)30/h4,9,13-14,16-17,19H,2-3,5-8,10-12,15H2,1H3,(H,25,29,30)/t16-,19+. The topological polar surface area (TPSA) is 70.0 Å². The highest BCUT2D eigenvalue weighted by Gasteiger charge is 2.29. The van der Waals surface area contributed by atoms with Gasteiger partial charge >= 0.3 is 6.03 Å². The lowest BCUT2D eigenvalue weighted by atomic mass is 9.75. The lowest BCUT2D eigenvalue weighted by Gasteiger charge is -2.39. The van der Waals surface area contributed by atoms with Gasteiger partial charge in [0.1, 0.15) is 0 Å². The van der Waals surface area contributed by atoms with Crippen molar-refractivity contribution in [3.8, 4) is 0 Å². The summed E-state index contributed by atoms with van der Waals surface area (Å²) in [6, 6.07) is 3.94. The monoisotopic (exact) mass is 409 g/mol. The molecule has 5 rings (SSSR count). The van der Waals surface area contributed by atoms with E-state index in [1.54, 1.807) is 11.1 Å². The van der Waals surface area contributed by atoms with Crippen molar-refractivity contribution < 1.29 is 9.59 Å². The van der Waals surface area contributed by atoms with Gasteiger partial charge in [0.15, 0.2) is 0 Å². The van der Waals surface area contributed by atoms with E-state index >= 15 is 0 Å². The summed E-state index contributed by atoms with van der Waals surface area (Å²) in [4.78, 5) is 28.0. The first kappa shape index (κ1) is 19.5. The Morgan fingerprint density at radius 2 is 1.93 bits per heavy atom. The molecule has 7 nitrogen and oxygen atoms in total. The zero-order valence-corrected chi connectivity index (χ0v) is 17.7. The summed E-state index contributed by atoms with van der Waals surface area (Å²) in [5.74, 6) is 2.37. The average Bonchev–Trinajstić information content (AvgIpc) is 3.11. The van der Waals surface area contributed by atoms with Crippen molar-refractivity contribution in [2.24, 2.45) is 17.8 Å². The zero-order chi connectivity index (χ0) is 20.7. The van der Waals surface area contributed by atoms with Gasteiger partial charge in [-0.1, -0.05) is 6.92 Å². The molecule has 7 heteroatoms. The molecule has 0 radical (unpaired) electrons. The van der Waals surface area contributed by atoms with E-state index in [1.165, 1.54) is 50.9 Å². The van der Waals surface area contributed by atoms with E-state index in [0.717, 1.165) is 29.5 Å². The molecule has 3 amide bonds. The minimum atomic E-state index is -0.361. The van der Waals surface area contributed by atoms with Gasteiger partial charge in [-0.05, 0) is 80.6 Å². The van der Waals surface area contributed by atoms with Gasteiger partial charge < -0.3 is 4.90 Å². The van der Waals surface area contributed by atoms with Crippen LogP contribution < -0.4 is 10.2 Å². The lowest BCUT2D eigenvalue weighted by molar-refractivity contribution is -0.120. The van der Waals surface area contributed by atoms with Gasteiger partial charge in [0.2, 0.25) is 5.91 Å². The Morgan fingerprint density at radius 1 is 1.13 bits per heavy atom. The fourth-order valence-electron chi connectivity index (χ4n) is 5.43. The highest BCUT2D eigenvalue weighted by Crippen LogP contribution is 2.34. The van der Waals surface area contributed by atoms with Crippen molar-refractivity contribution in [1.29, 1.82) is 0 Å². The number of pyridine rings is 1. The quantitative estimate of drug-likeness (QED) is 0.824. The van der Waals surface area contributed by atoms with Crippen LogP contribution in [-0.2, 0) is 11.2 Å². The molecule has 1 N–H and O–H groups in total. The van der Waals surface area contributed by atoms with Gasteiger partial charge in [0.25, 0.3) is 0 Å². The van der Waals surface area contributed by atoms with Crippen LogP contribution in [0.25, 0.3) is 5.52 Å². The van der Waals surface area contributed by atoms with Crippen molar-refractivity contribution in [3.05, 3.63) is 30.1 Å². The van der Waals surface area contributed by atoms with E-state index in [9.17, 15) is 9.59 Å². The number of likely N-dealkylation sites (tertiary alicyclic amines) is 1. The third-order valence-corrected chi connectivity index (χ3v) is 7.13. The number of urea groups is 1. The molecule has 0 bridgehead atoms. The predicted molar refractivity (Wildman–Crippen MR) is 115 cm³/mol. The molecular weight excluding hydrogens is 378 g/mol. The van der Waals surface area contributed by atoms with Crippen LogP contribution in [-0.4, -0.2) is 52.6 Å². The Hall–Kier alpha value is -2.41.